The van der Waals surface area contributed by atoms with Crippen molar-refractivity contribution in [1.29, 1.82) is 0 Å². The minimum atomic E-state index is 0.369. The van der Waals surface area contributed by atoms with Gasteiger partial charge in [-0.05, 0) is 29.3 Å². The standard InChI is InChI=1S/C28H29N3O4/c1-32-25-10-6-9-21(26(25)33-2)13-16-35-28-29-24-12-11-22(20-7-4-3-5-8-20)19-23(24)27(30-28)31-14-17-34-18-15-31/h3-12,19H,13-18H2,1-2H3. The van der Waals surface area contributed by atoms with Crippen molar-refractivity contribution in [1.82, 2.24) is 9.97 Å². The summed E-state index contributed by atoms with van der Waals surface area (Å²) in [6, 6.07) is 22.9. The minimum absolute atomic E-state index is 0.369. The molecule has 0 radical (unpaired) electrons. The van der Waals surface area contributed by atoms with Crippen LogP contribution in [0.25, 0.3) is 22.0 Å². The van der Waals surface area contributed by atoms with Gasteiger partial charge in [0.1, 0.15) is 5.82 Å². The summed E-state index contributed by atoms with van der Waals surface area (Å²) in [5.74, 6) is 2.31. The van der Waals surface area contributed by atoms with Gasteiger partial charge >= 0.3 is 6.01 Å². The molecule has 7 nitrogen and oxygen atoms in total. The molecular formula is C28H29N3O4. The third kappa shape index (κ3) is 5.00. The van der Waals surface area contributed by atoms with Gasteiger partial charge in [-0.15, -0.1) is 0 Å². The number of aromatic nitrogens is 2. The molecule has 1 fully saturated rings. The maximum Gasteiger partial charge on any atom is 0.318 e. The molecule has 0 unspecified atom stereocenters. The van der Waals surface area contributed by atoms with E-state index in [4.69, 9.17) is 28.9 Å². The van der Waals surface area contributed by atoms with Gasteiger partial charge in [0, 0.05) is 30.5 Å². The predicted molar refractivity (Wildman–Crippen MR) is 137 cm³/mol. The zero-order valence-corrected chi connectivity index (χ0v) is 20.1. The first-order valence-corrected chi connectivity index (χ1v) is 11.8. The van der Waals surface area contributed by atoms with Crippen LogP contribution >= 0.6 is 0 Å². The molecule has 5 rings (SSSR count). The summed E-state index contributed by atoms with van der Waals surface area (Å²) in [6.07, 6.45) is 0.640. The molecule has 0 atom stereocenters. The van der Waals surface area contributed by atoms with Gasteiger partial charge in [-0.3, -0.25) is 0 Å². The number of hydrogen-bond acceptors (Lipinski definition) is 7. The largest absolute Gasteiger partial charge is 0.493 e. The summed E-state index contributed by atoms with van der Waals surface area (Å²) in [7, 11) is 3.28. The third-order valence-electron chi connectivity index (χ3n) is 6.16. The number of methoxy groups -OCH3 is 2. The van der Waals surface area contributed by atoms with E-state index in [1.54, 1.807) is 14.2 Å². The quantitative estimate of drug-likeness (QED) is 0.367. The van der Waals surface area contributed by atoms with Gasteiger partial charge in [-0.25, -0.2) is 0 Å². The molecule has 1 saturated heterocycles. The molecule has 0 bridgehead atoms. The highest BCUT2D eigenvalue weighted by molar-refractivity contribution is 5.93. The molecule has 0 amide bonds. The van der Waals surface area contributed by atoms with Gasteiger partial charge in [-0.2, -0.15) is 9.97 Å². The summed E-state index contributed by atoms with van der Waals surface area (Å²) in [6.45, 7) is 3.33. The smallest absolute Gasteiger partial charge is 0.318 e. The summed E-state index contributed by atoms with van der Waals surface area (Å²) >= 11 is 0. The van der Waals surface area contributed by atoms with Crippen LogP contribution in [0.2, 0.25) is 0 Å². The number of nitrogens with zero attached hydrogens (tertiary/aromatic N) is 3. The Kier molecular flexibility index (Phi) is 6.95. The Morgan fingerprint density at radius 2 is 1.69 bits per heavy atom. The second-order valence-corrected chi connectivity index (χ2v) is 8.28. The van der Waals surface area contributed by atoms with Crippen LogP contribution in [0.4, 0.5) is 5.82 Å². The molecule has 1 aromatic heterocycles. The molecule has 0 N–H and O–H groups in total. The summed E-state index contributed by atoms with van der Waals surface area (Å²) < 4.78 is 22.6. The molecule has 180 valence electrons. The molecule has 1 aliphatic rings. The zero-order chi connectivity index (χ0) is 24.0. The van der Waals surface area contributed by atoms with Gasteiger partial charge in [-0.1, -0.05) is 48.5 Å². The molecule has 3 aromatic carbocycles. The highest BCUT2D eigenvalue weighted by atomic mass is 16.5. The van der Waals surface area contributed by atoms with Crippen LogP contribution in [0.15, 0.2) is 66.7 Å². The van der Waals surface area contributed by atoms with Crippen molar-refractivity contribution in [3.63, 3.8) is 0 Å². The summed E-state index contributed by atoms with van der Waals surface area (Å²) in [4.78, 5) is 11.8. The average molecular weight is 472 g/mol. The van der Waals surface area contributed by atoms with E-state index in [0.717, 1.165) is 52.3 Å². The SMILES string of the molecule is COc1cccc(CCOc2nc(N3CCOCC3)c3cc(-c4ccccc4)ccc3n2)c1OC. The van der Waals surface area contributed by atoms with Crippen molar-refractivity contribution in [2.45, 2.75) is 6.42 Å². The van der Waals surface area contributed by atoms with E-state index in [9.17, 15) is 0 Å². The summed E-state index contributed by atoms with van der Waals surface area (Å²) in [5.41, 5.74) is 4.16. The first kappa shape index (κ1) is 22.9. The number of hydrogen-bond donors (Lipinski definition) is 0. The number of morpholine rings is 1. The Hall–Kier alpha value is -3.84. The van der Waals surface area contributed by atoms with E-state index in [0.29, 0.717) is 38.0 Å². The normalized spacial score (nSPS) is 13.6. The first-order valence-electron chi connectivity index (χ1n) is 11.8. The van der Waals surface area contributed by atoms with Crippen molar-refractivity contribution < 1.29 is 18.9 Å². The fourth-order valence-electron chi connectivity index (χ4n) is 4.39. The van der Waals surface area contributed by atoms with Crippen molar-refractivity contribution in [2.24, 2.45) is 0 Å². The van der Waals surface area contributed by atoms with Crippen LogP contribution in [-0.4, -0.2) is 57.1 Å². The van der Waals surface area contributed by atoms with E-state index in [-0.39, 0.29) is 0 Å². The molecular weight excluding hydrogens is 442 g/mol. The zero-order valence-electron chi connectivity index (χ0n) is 20.1. The van der Waals surface area contributed by atoms with Crippen molar-refractivity contribution in [3.05, 3.63) is 72.3 Å². The lowest BCUT2D eigenvalue weighted by Crippen LogP contribution is -2.37. The lowest BCUT2D eigenvalue weighted by Gasteiger charge is -2.29. The van der Waals surface area contributed by atoms with Crippen molar-refractivity contribution in [2.75, 3.05) is 52.0 Å². The van der Waals surface area contributed by atoms with Crippen LogP contribution in [0.5, 0.6) is 17.5 Å². The molecule has 0 spiro atoms. The second kappa shape index (κ2) is 10.6. The number of rotatable bonds is 8. The van der Waals surface area contributed by atoms with Crippen LogP contribution in [0, 0.1) is 0 Å². The number of fused-ring (bicyclic) bond motifs is 1. The third-order valence-corrected chi connectivity index (χ3v) is 6.16. The van der Waals surface area contributed by atoms with Gasteiger partial charge in [0.15, 0.2) is 11.5 Å². The molecule has 1 aliphatic heterocycles. The molecule has 0 saturated carbocycles. The maximum atomic E-state index is 6.06. The molecule has 2 heterocycles. The van der Waals surface area contributed by atoms with E-state index < -0.39 is 0 Å². The van der Waals surface area contributed by atoms with Crippen LogP contribution in [-0.2, 0) is 11.2 Å². The highest BCUT2D eigenvalue weighted by Crippen LogP contribution is 2.33. The van der Waals surface area contributed by atoms with E-state index in [1.807, 2.05) is 42.5 Å². The van der Waals surface area contributed by atoms with Crippen molar-refractivity contribution >= 4 is 16.7 Å². The predicted octanol–water partition coefficient (Wildman–Crippen LogP) is 4.77. The maximum absolute atomic E-state index is 6.06. The number of anilines is 1. The Bertz CT molecular complexity index is 1290. The van der Waals surface area contributed by atoms with E-state index in [1.165, 1.54) is 0 Å². The van der Waals surface area contributed by atoms with Crippen LogP contribution in [0.3, 0.4) is 0 Å². The van der Waals surface area contributed by atoms with Gasteiger partial charge in [0.2, 0.25) is 0 Å². The van der Waals surface area contributed by atoms with Gasteiger partial charge in [0.25, 0.3) is 0 Å². The Balaban J connectivity index is 1.44. The van der Waals surface area contributed by atoms with Gasteiger partial charge < -0.3 is 23.8 Å². The van der Waals surface area contributed by atoms with Crippen LogP contribution in [0.1, 0.15) is 5.56 Å². The number of para-hydroxylation sites is 1. The lowest BCUT2D eigenvalue weighted by atomic mass is 10.0. The Morgan fingerprint density at radius 3 is 2.46 bits per heavy atom. The van der Waals surface area contributed by atoms with Crippen LogP contribution < -0.4 is 19.1 Å². The van der Waals surface area contributed by atoms with Crippen molar-refractivity contribution in [3.8, 4) is 28.6 Å². The van der Waals surface area contributed by atoms with Gasteiger partial charge in [0.05, 0.1) is 39.6 Å². The van der Waals surface area contributed by atoms with E-state index >= 15 is 0 Å². The molecule has 4 aromatic rings. The number of ether oxygens (including phenoxy) is 4. The lowest BCUT2D eigenvalue weighted by molar-refractivity contribution is 0.122. The molecule has 0 aliphatic carbocycles. The highest BCUT2D eigenvalue weighted by Gasteiger charge is 2.19. The fraction of sp³-hybridized carbons (Fsp3) is 0.286. The average Bonchev–Trinajstić information content (AvgIpc) is 2.93. The Morgan fingerprint density at radius 1 is 0.857 bits per heavy atom. The Labute approximate surface area is 205 Å². The fourth-order valence-corrected chi connectivity index (χ4v) is 4.39. The topological polar surface area (TPSA) is 65.9 Å². The monoisotopic (exact) mass is 471 g/mol. The van der Waals surface area contributed by atoms with E-state index in [2.05, 4.69) is 29.2 Å². The first-order chi connectivity index (χ1) is 17.3. The summed E-state index contributed by atoms with van der Waals surface area (Å²) in [5, 5.41) is 1.01. The minimum Gasteiger partial charge on any atom is -0.493 e. The molecule has 35 heavy (non-hydrogen) atoms. The molecule has 7 heteroatoms. The second-order valence-electron chi connectivity index (χ2n) is 8.28. The number of benzene rings is 3.